The highest BCUT2D eigenvalue weighted by atomic mass is 35.5. The summed E-state index contributed by atoms with van der Waals surface area (Å²) in [7, 11) is 0. The normalized spacial score (nSPS) is 19.3. The van der Waals surface area contributed by atoms with E-state index in [1.807, 2.05) is 24.4 Å². The maximum atomic E-state index is 6.04. The van der Waals surface area contributed by atoms with Crippen molar-refractivity contribution in [2.45, 2.75) is 25.3 Å². The van der Waals surface area contributed by atoms with Gasteiger partial charge in [-0.3, -0.25) is 5.10 Å². The van der Waals surface area contributed by atoms with Gasteiger partial charge in [-0.1, -0.05) is 23.7 Å². The van der Waals surface area contributed by atoms with Crippen LogP contribution >= 0.6 is 11.6 Å². The first-order chi connectivity index (χ1) is 8.83. The summed E-state index contributed by atoms with van der Waals surface area (Å²) in [4.78, 5) is 0. The van der Waals surface area contributed by atoms with Gasteiger partial charge in [0.15, 0.2) is 0 Å². The number of rotatable bonds is 3. The van der Waals surface area contributed by atoms with Crippen molar-refractivity contribution >= 4 is 11.6 Å². The molecule has 1 aromatic carbocycles. The van der Waals surface area contributed by atoms with Gasteiger partial charge in [0.05, 0.1) is 6.20 Å². The summed E-state index contributed by atoms with van der Waals surface area (Å²) >= 11 is 6.04. The maximum absolute atomic E-state index is 6.04. The van der Waals surface area contributed by atoms with E-state index in [9.17, 15) is 0 Å². The van der Waals surface area contributed by atoms with Crippen LogP contribution in [0.25, 0.3) is 11.1 Å². The van der Waals surface area contributed by atoms with Gasteiger partial charge in [0, 0.05) is 28.7 Å². The van der Waals surface area contributed by atoms with E-state index in [1.165, 1.54) is 18.5 Å². The minimum atomic E-state index is 0.573. The number of nitrogens with one attached hydrogen (secondary N) is 2. The van der Waals surface area contributed by atoms with Crippen molar-refractivity contribution in [1.29, 1.82) is 0 Å². The van der Waals surface area contributed by atoms with Gasteiger partial charge in [0.2, 0.25) is 0 Å². The molecule has 18 heavy (non-hydrogen) atoms. The zero-order valence-corrected chi connectivity index (χ0v) is 10.9. The van der Waals surface area contributed by atoms with Gasteiger partial charge in [-0.25, -0.2) is 0 Å². The summed E-state index contributed by atoms with van der Waals surface area (Å²) < 4.78 is 0. The highest BCUT2D eigenvalue weighted by Crippen LogP contribution is 2.26. The highest BCUT2D eigenvalue weighted by molar-refractivity contribution is 6.30. The summed E-state index contributed by atoms with van der Waals surface area (Å²) in [5.41, 5.74) is 3.48. The number of aromatic nitrogens is 2. The Morgan fingerprint density at radius 1 is 1.39 bits per heavy atom. The summed E-state index contributed by atoms with van der Waals surface area (Å²) in [6.07, 6.45) is 5.40. The molecule has 2 aromatic rings. The molecule has 1 unspecified atom stereocenters. The number of H-pyrrole nitrogens is 1. The van der Waals surface area contributed by atoms with Crippen LogP contribution < -0.4 is 5.32 Å². The number of halogens is 1. The second kappa shape index (κ2) is 5.12. The SMILES string of the molecule is Clc1cccc(-c2cn[nH]c2CC2CCCN2)c1. The van der Waals surface area contributed by atoms with Crippen LogP contribution in [0.15, 0.2) is 30.5 Å². The number of hydrogen-bond donors (Lipinski definition) is 2. The average molecular weight is 262 g/mol. The Morgan fingerprint density at radius 2 is 2.33 bits per heavy atom. The summed E-state index contributed by atoms with van der Waals surface area (Å²) in [5, 5.41) is 11.6. The molecule has 1 atom stereocenters. The Morgan fingerprint density at radius 3 is 3.11 bits per heavy atom. The van der Waals surface area contributed by atoms with Gasteiger partial charge in [-0.15, -0.1) is 0 Å². The first-order valence-corrected chi connectivity index (χ1v) is 6.72. The lowest BCUT2D eigenvalue weighted by Crippen LogP contribution is -2.24. The molecular weight excluding hydrogens is 246 g/mol. The molecule has 1 saturated heterocycles. The molecule has 4 heteroatoms. The number of nitrogens with zero attached hydrogens (tertiary/aromatic N) is 1. The number of aromatic amines is 1. The van der Waals surface area contributed by atoms with Gasteiger partial charge in [-0.2, -0.15) is 5.10 Å². The van der Waals surface area contributed by atoms with Crippen LogP contribution in [-0.4, -0.2) is 22.8 Å². The van der Waals surface area contributed by atoms with Crippen molar-refractivity contribution in [3.05, 3.63) is 41.2 Å². The van der Waals surface area contributed by atoms with E-state index in [4.69, 9.17) is 11.6 Å². The van der Waals surface area contributed by atoms with E-state index >= 15 is 0 Å². The smallest absolute Gasteiger partial charge is 0.0568 e. The molecule has 0 saturated carbocycles. The van der Waals surface area contributed by atoms with Crippen LogP contribution in [0.4, 0.5) is 0 Å². The fraction of sp³-hybridized carbons (Fsp3) is 0.357. The minimum Gasteiger partial charge on any atom is -0.314 e. The molecule has 2 N–H and O–H groups in total. The molecule has 1 fully saturated rings. The predicted molar refractivity (Wildman–Crippen MR) is 73.8 cm³/mol. The zero-order valence-electron chi connectivity index (χ0n) is 10.1. The monoisotopic (exact) mass is 261 g/mol. The van der Waals surface area contributed by atoms with Gasteiger partial charge >= 0.3 is 0 Å². The van der Waals surface area contributed by atoms with E-state index in [-0.39, 0.29) is 0 Å². The fourth-order valence-electron chi connectivity index (χ4n) is 2.55. The fourth-order valence-corrected chi connectivity index (χ4v) is 2.74. The van der Waals surface area contributed by atoms with Crippen molar-refractivity contribution in [2.75, 3.05) is 6.54 Å². The molecule has 3 rings (SSSR count). The lowest BCUT2D eigenvalue weighted by atomic mass is 10.0. The van der Waals surface area contributed by atoms with Crippen LogP contribution in [0.1, 0.15) is 18.5 Å². The van der Waals surface area contributed by atoms with Crippen LogP contribution in [0.3, 0.4) is 0 Å². The van der Waals surface area contributed by atoms with Crippen LogP contribution in [0.2, 0.25) is 5.02 Å². The molecule has 1 aliphatic heterocycles. The summed E-state index contributed by atoms with van der Waals surface area (Å²) in [6, 6.07) is 8.50. The van der Waals surface area contributed by atoms with Crippen molar-refractivity contribution in [3.63, 3.8) is 0 Å². The standard InChI is InChI=1S/C14H16ClN3/c15-11-4-1-3-10(7-11)13-9-17-18-14(13)8-12-5-2-6-16-12/h1,3-4,7,9,12,16H,2,5-6,8H2,(H,17,18). The van der Waals surface area contributed by atoms with Crippen LogP contribution in [0, 0.1) is 0 Å². The van der Waals surface area contributed by atoms with Crippen LogP contribution in [0.5, 0.6) is 0 Å². The third-order valence-electron chi connectivity index (χ3n) is 3.47. The third kappa shape index (κ3) is 2.42. The molecule has 0 spiro atoms. The molecule has 1 aromatic heterocycles. The second-order valence-corrected chi connectivity index (χ2v) is 5.21. The Kier molecular flexibility index (Phi) is 3.35. The van der Waals surface area contributed by atoms with Crippen molar-refractivity contribution in [3.8, 4) is 11.1 Å². The van der Waals surface area contributed by atoms with Crippen molar-refractivity contribution in [2.24, 2.45) is 0 Å². The molecule has 3 nitrogen and oxygen atoms in total. The Bertz CT molecular complexity index is 529. The van der Waals surface area contributed by atoms with E-state index in [2.05, 4.69) is 21.6 Å². The average Bonchev–Trinajstić information content (AvgIpc) is 3.01. The van der Waals surface area contributed by atoms with Gasteiger partial charge in [-0.05, 0) is 37.1 Å². The highest BCUT2D eigenvalue weighted by Gasteiger charge is 2.17. The minimum absolute atomic E-state index is 0.573. The lowest BCUT2D eigenvalue weighted by molar-refractivity contribution is 0.595. The quantitative estimate of drug-likeness (QED) is 0.892. The molecule has 2 heterocycles. The molecule has 0 amide bonds. The maximum Gasteiger partial charge on any atom is 0.0568 e. The van der Waals surface area contributed by atoms with Crippen LogP contribution in [-0.2, 0) is 6.42 Å². The topological polar surface area (TPSA) is 40.7 Å². The molecule has 0 radical (unpaired) electrons. The molecule has 0 aliphatic carbocycles. The first kappa shape index (κ1) is 11.8. The number of benzene rings is 1. The third-order valence-corrected chi connectivity index (χ3v) is 3.70. The predicted octanol–water partition coefficient (Wildman–Crippen LogP) is 3.02. The lowest BCUT2D eigenvalue weighted by Gasteiger charge is -2.10. The number of hydrogen-bond acceptors (Lipinski definition) is 2. The largest absolute Gasteiger partial charge is 0.314 e. The Labute approximate surface area is 112 Å². The van der Waals surface area contributed by atoms with Crippen molar-refractivity contribution < 1.29 is 0 Å². The van der Waals surface area contributed by atoms with Crippen molar-refractivity contribution in [1.82, 2.24) is 15.5 Å². The van der Waals surface area contributed by atoms with Gasteiger partial charge in [0.1, 0.15) is 0 Å². The Balaban J connectivity index is 1.86. The van der Waals surface area contributed by atoms with E-state index < -0.39 is 0 Å². The molecule has 0 bridgehead atoms. The van der Waals surface area contributed by atoms with Gasteiger partial charge in [0.25, 0.3) is 0 Å². The second-order valence-electron chi connectivity index (χ2n) is 4.77. The molecule has 94 valence electrons. The molecule has 1 aliphatic rings. The van der Waals surface area contributed by atoms with Gasteiger partial charge < -0.3 is 5.32 Å². The zero-order chi connectivity index (χ0) is 12.4. The van der Waals surface area contributed by atoms with E-state index in [0.717, 1.165) is 29.1 Å². The molecular formula is C14H16ClN3. The Hall–Kier alpha value is -1.32. The van der Waals surface area contributed by atoms with E-state index in [1.54, 1.807) is 0 Å². The summed E-state index contributed by atoms with van der Waals surface area (Å²) in [6.45, 7) is 1.13. The first-order valence-electron chi connectivity index (χ1n) is 6.34. The van der Waals surface area contributed by atoms with E-state index in [0.29, 0.717) is 6.04 Å². The summed E-state index contributed by atoms with van der Waals surface area (Å²) in [5.74, 6) is 0.